The zero-order valence-electron chi connectivity index (χ0n) is 14.5. The van der Waals surface area contributed by atoms with Crippen molar-refractivity contribution in [2.24, 2.45) is 0 Å². The van der Waals surface area contributed by atoms with Crippen molar-refractivity contribution in [3.05, 3.63) is 29.3 Å². The molecule has 1 heterocycles. The summed E-state index contributed by atoms with van der Waals surface area (Å²) in [6, 6.07) is 7.22. The summed E-state index contributed by atoms with van der Waals surface area (Å²) in [6.07, 6.45) is 0. The number of thioether (sulfide) groups is 1. The van der Waals surface area contributed by atoms with Gasteiger partial charge in [0.1, 0.15) is 17.4 Å². The van der Waals surface area contributed by atoms with Crippen molar-refractivity contribution in [2.75, 3.05) is 35.9 Å². The van der Waals surface area contributed by atoms with Crippen LogP contribution in [-0.2, 0) is 20.9 Å². The normalized spacial score (nSPS) is 10.4. The van der Waals surface area contributed by atoms with Gasteiger partial charge >= 0.3 is 0 Å². The lowest BCUT2D eigenvalue weighted by atomic mass is 10.3. The fourth-order valence-electron chi connectivity index (χ4n) is 1.92. The summed E-state index contributed by atoms with van der Waals surface area (Å²) < 4.78 is 10.4. The molecule has 140 valence electrons. The van der Waals surface area contributed by atoms with E-state index in [0.717, 1.165) is 0 Å². The first-order valence-corrected chi connectivity index (χ1v) is 9.80. The van der Waals surface area contributed by atoms with Gasteiger partial charge in [0.15, 0.2) is 0 Å². The van der Waals surface area contributed by atoms with E-state index < -0.39 is 0 Å². The standard InChI is InChI=1S/C16H20N4O4S2/c1-3-24-12-7-5-4-6-11(12)17-13(21)9-25-10-14(22)18-16-20-19-15(26-16)8-23-2/h4-7H,3,8-10H2,1-2H3,(H,17,21)(H,18,20,22). The van der Waals surface area contributed by atoms with Crippen LogP contribution in [0.1, 0.15) is 11.9 Å². The molecule has 2 N–H and O–H groups in total. The first-order chi connectivity index (χ1) is 12.6. The molecule has 0 fully saturated rings. The van der Waals surface area contributed by atoms with Gasteiger partial charge in [-0.15, -0.1) is 22.0 Å². The average Bonchev–Trinajstić information content (AvgIpc) is 3.04. The van der Waals surface area contributed by atoms with E-state index in [0.29, 0.717) is 34.8 Å². The van der Waals surface area contributed by atoms with Crippen molar-refractivity contribution in [3.8, 4) is 5.75 Å². The number of carbonyl (C=O) groups is 2. The minimum atomic E-state index is -0.238. The highest BCUT2D eigenvalue weighted by molar-refractivity contribution is 8.00. The SMILES string of the molecule is CCOc1ccccc1NC(=O)CSCC(=O)Nc1nnc(COC)s1. The number of benzene rings is 1. The van der Waals surface area contributed by atoms with Crippen molar-refractivity contribution in [3.63, 3.8) is 0 Å². The summed E-state index contributed by atoms with van der Waals surface area (Å²) in [6.45, 7) is 2.74. The van der Waals surface area contributed by atoms with Gasteiger partial charge in [-0.25, -0.2) is 0 Å². The molecule has 0 aliphatic heterocycles. The van der Waals surface area contributed by atoms with Crippen LogP contribution in [-0.4, -0.2) is 47.2 Å². The highest BCUT2D eigenvalue weighted by Gasteiger charge is 2.11. The molecular formula is C16H20N4O4S2. The number of amides is 2. The summed E-state index contributed by atoms with van der Waals surface area (Å²) >= 11 is 2.46. The van der Waals surface area contributed by atoms with Gasteiger partial charge in [-0.2, -0.15) is 0 Å². The molecule has 1 aromatic carbocycles. The smallest absolute Gasteiger partial charge is 0.236 e. The molecular weight excluding hydrogens is 376 g/mol. The third kappa shape index (κ3) is 6.62. The van der Waals surface area contributed by atoms with E-state index in [-0.39, 0.29) is 23.3 Å². The van der Waals surface area contributed by atoms with Crippen molar-refractivity contribution in [2.45, 2.75) is 13.5 Å². The second kappa shape index (κ2) is 10.7. The Kier molecular flexibility index (Phi) is 8.32. The van der Waals surface area contributed by atoms with Crippen LogP contribution in [0.2, 0.25) is 0 Å². The van der Waals surface area contributed by atoms with Gasteiger partial charge in [0, 0.05) is 7.11 Å². The number of nitrogens with zero attached hydrogens (tertiary/aromatic N) is 2. The Labute approximate surface area is 159 Å². The molecule has 2 rings (SSSR count). The van der Waals surface area contributed by atoms with E-state index in [4.69, 9.17) is 9.47 Å². The van der Waals surface area contributed by atoms with Crippen molar-refractivity contribution in [1.82, 2.24) is 10.2 Å². The van der Waals surface area contributed by atoms with Crippen LogP contribution in [0.15, 0.2) is 24.3 Å². The maximum atomic E-state index is 12.0. The second-order valence-electron chi connectivity index (χ2n) is 4.95. The third-order valence-corrected chi connectivity index (χ3v) is 4.65. The predicted molar refractivity (Wildman–Crippen MR) is 103 cm³/mol. The number of carbonyl (C=O) groups excluding carboxylic acids is 2. The highest BCUT2D eigenvalue weighted by Crippen LogP contribution is 2.23. The van der Waals surface area contributed by atoms with Crippen molar-refractivity contribution < 1.29 is 19.1 Å². The van der Waals surface area contributed by atoms with Crippen LogP contribution < -0.4 is 15.4 Å². The van der Waals surface area contributed by atoms with Crippen molar-refractivity contribution in [1.29, 1.82) is 0 Å². The largest absolute Gasteiger partial charge is 0.492 e. The maximum Gasteiger partial charge on any atom is 0.236 e. The monoisotopic (exact) mass is 396 g/mol. The van der Waals surface area contributed by atoms with Gasteiger partial charge in [-0.3, -0.25) is 14.9 Å². The quantitative estimate of drug-likeness (QED) is 0.636. The molecule has 2 amide bonds. The maximum absolute atomic E-state index is 12.0. The second-order valence-corrected chi connectivity index (χ2v) is 7.00. The zero-order valence-corrected chi connectivity index (χ0v) is 16.1. The number of hydrogen-bond acceptors (Lipinski definition) is 8. The first kappa shape index (κ1) is 20.1. The minimum Gasteiger partial charge on any atom is -0.492 e. The van der Waals surface area contributed by atoms with E-state index in [1.165, 1.54) is 23.1 Å². The summed E-state index contributed by atoms with van der Waals surface area (Å²) in [7, 11) is 1.56. The Balaban J connectivity index is 1.73. The van der Waals surface area contributed by atoms with Crippen LogP contribution in [0.5, 0.6) is 5.75 Å². The topological polar surface area (TPSA) is 102 Å². The molecule has 0 aliphatic rings. The van der Waals surface area contributed by atoms with Crippen molar-refractivity contribution >= 4 is 45.7 Å². The fraction of sp³-hybridized carbons (Fsp3) is 0.375. The molecule has 0 atom stereocenters. The summed E-state index contributed by atoms with van der Waals surface area (Å²) in [5.74, 6) is 0.471. The van der Waals surface area contributed by atoms with E-state index in [1.54, 1.807) is 19.2 Å². The van der Waals surface area contributed by atoms with Crippen LogP contribution in [0.4, 0.5) is 10.8 Å². The number of rotatable bonds is 10. The average molecular weight is 396 g/mol. The van der Waals surface area contributed by atoms with Crippen LogP contribution in [0.3, 0.4) is 0 Å². The van der Waals surface area contributed by atoms with Crippen LogP contribution in [0.25, 0.3) is 0 Å². The molecule has 0 aliphatic carbocycles. The molecule has 26 heavy (non-hydrogen) atoms. The lowest BCUT2D eigenvalue weighted by Gasteiger charge is -2.11. The van der Waals surface area contributed by atoms with E-state index >= 15 is 0 Å². The molecule has 2 aromatic rings. The van der Waals surface area contributed by atoms with Crippen LogP contribution >= 0.6 is 23.1 Å². The number of para-hydroxylation sites is 2. The molecule has 0 radical (unpaired) electrons. The Bertz CT molecular complexity index is 739. The Hall–Kier alpha value is -2.17. The van der Waals surface area contributed by atoms with Gasteiger partial charge in [0.05, 0.1) is 23.8 Å². The molecule has 10 heteroatoms. The Morgan fingerprint density at radius 1 is 1.15 bits per heavy atom. The molecule has 8 nitrogen and oxygen atoms in total. The van der Waals surface area contributed by atoms with E-state index in [2.05, 4.69) is 20.8 Å². The fourth-order valence-corrected chi connectivity index (χ4v) is 3.26. The third-order valence-electron chi connectivity index (χ3n) is 2.91. The Morgan fingerprint density at radius 3 is 2.62 bits per heavy atom. The van der Waals surface area contributed by atoms with Gasteiger partial charge in [-0.05, 0) is 19.1 Å². The van der Waals surface area contributed by atoms with Gasteiger partial charge < -0.3 is 14.8 Å². The van der Waals surface area contributed by atoms with Gasteiger partial charge in [-0.1, -0.05) is 23.5 Å². The molecule has 0 bridgehead atoms. The molecule has 0 saturated carbocycles. The van der Waals surface area contributed by atoms with E-state index in [1.807, 2.05) is 19.1 Å². The molecule has 1 aromatic heterocycles. The number of methoxy groups -OCH3 is 1. The zero-order chi connectivity index (χ0) is 18.8. The summed E-state index contributed by atoms with van der Waals surface area (Å²) in [5, 5.41) is 14.3. The number of nitrogens with one attached hydrogen (secondary N) is 2. The first-order valence-electron chi connectivity index (χ1n) is 7.83. The number of ether oxygens (including phenoxy) is 2. The predicted octanol–water partition coefficient (Wildman–Crippen LogP) is 2.39. The molecule has 0 saturated heterocycles. The molecule has 0 unspecified atom stereocenters. The summed E-state index contributed by atoms with van der Waals surface area (Å²) in [4.78, 5) is 23.9. The lowest BCUT2D eigenvalue weighted by molar-refractivity contribution is -0.114. The van der Waals surface area contributed by atoms with Gasteiger partial charge in [0.25, 0.3) is 0 Å². The van der Waals surface area contributed by atoms with Crippen LogP contribution in [0, 0.1) is 0 Å². The Morgan fingerprint density at radius 2 is 1.88 bits per heavy atom. The highest BCUT2D eigenvalue weighted by atomic mass is 32.2. The minimum absolute atomic E-state index is 0.139. The molecule has 0 spiro atoms. The number of hydrogen-bond donors (Lipinski definition) is 2. The number of aromatic nitrogens is 2. The summed E-state index contributed by atoms with van der Waals surface area (Å²) in [5.41, 5.74) is 0.615. The lowest BCUT2D eigenvalue weighted by Crippen LogP contribution is -2.18. The van der Waals surface area contributed by atoms with E-state index in [9.17, 15) is 9.59 Å². The van der Waals surface area contributed by atoms with Gasteiger partial charge in [0.2, 0.25) is 16.9 Å². The number of anilines is 2.